The molecule has 0 aliphatic rings. The Hall–Kier alpha value is -2.78. The monoisotopic (exact) mass is 453 g/mol. The number of amides is 1. The van der Waals surface area contributed by atoms with E-state index in [1.54, 1.807) is 43.5 Å². The first-order valence-corrected chi connectivity index (χ1v) is 11.2. The summed E-state index contributed by atoms with van der Waals surface area (Å²) in [5, 5.41) is 4.38. The number of nitrogens with zero attached hydrogens (tertiary/aromatic N) is 2. The molecule has 0 unspecified atom stereocenters. The normalized spacial score (nSPS) is 11.7. The lowest BCUT2D eigenvalue weighted by Crippen LogP contribution is -2.39. The zero-order valence-electron chi connectivity index (χ0n) is 17.2. The molecule has 30 heavy (non-hydrogen) atoms. The topological polar surface area (TPSA) is 97.3 Å². The molecule has 0 aromatic heterocycles. The van der Waals surface area contributed by atoms with Crippen molar-refractivity contribution < 1.29 is 22.7 Å². The average Bonchev–Trinajstić information content (AvgIpc) is 2.72. The summed E-state index contributed by atoms with van der Waals surface area (Å²) in [5.74, 6) is 0.500. The molecular formula is C20H24ClN3O5S. The van der Waals surface area contributed by atoms with E-state index in [0.717, 1.165) is 16.1 Å². The SMILES string of the molecule is CC/C(=N/NC(=O)CN(c1ccccc1Cl)S(C)(=O)=O)c1ccc(OC)c(OC)c1. The first-order valence-electron chi connectivity index (χ1n) is 9.01. The quantitative estimate of drug-likeness (QED) is 0.465. The van der Waals surface area contributed by atoms with Gasteiger partial charge in [-0.3, -0.25) is 9.10 Å². The molecule has 0 aliphatic heterocycles. The first-order chi connectivity index (χ1) is 14.2. The molecule has 0 bridgehead atoms. The van der Waals surface area contributed by atoms with Gasteiger partial charge in [0, 0.05) is 5.56 Å². The fourth-order valence-corrected chi connectivity index (χ4v) is 3.85. The van der Waals surface area contributed by atoms with Crippen molar-refractivity contribution in [3.05, 3.63) is 53.1 Å². The minimum Gasteiger partial charge on any atom is -0.493 e. The number of hydrazone groups is 1. The van der Waals surface area contributed by atoms with Crippen LogP contribution in [0.25, 0.3) is 0 Å². The Morgan fingerprint density at radius 3 is 2.37 bits per heavy atom. The highest BCUT2D eigenvalue weighted by Gasteiger charge is 2.22. The summed E-state index contributed by atoms with van der Waals surface area (Å²) in [4.78, 5) is 12.4. The van der Waals surface area contributed by atoms with E-state index in [1.807, 2.05) is 6.92 Å². The number of rotatable bonds is 9. The second kappa shape index (κ2) is 10.3. The Morgan fingerprint density at radius 2 is 1.80 bits per heavy atom. The van der Waals surface area contributed by atoms with Gasteiger partial charge in [0.15, 0.2) is 11.5 Å². The fourth-order valence-electron chi connectivity index (χ4n) is 2.69. The van der Waals surface area contributed by atoms with Crippen LogP contribution in [-0.4, -0.2) is 47.1 Å². The van der Waals surface area contributed by atoms with Crippen LogP contribution in [0.5, 0.6) is 11.5 Å². The van der Waals surface area contributed by atoms with Crippen molar-refractivity contribution >= 4 is 38.9 Å². The van der Waals surface area contributed by atoms with Crippen LogP contribution in [0.3, 0.4) is 0 Å². The first kappa shape index (κ1) is 23.5. The molecule has 2 aromatic rings. The summed E-state index contributed by atoms with van der Waals surface area (Å²) in [7, 11) is -0.670. The van der Waals surface area contributed by atoms with Gasteiger partial charge in [0.25, 0.3) is 5.91 Å². The highest BCUT2D eigenvalue weighted by atomic mass is 35.5. The molecule has 8 nitrogen and oxygen atoms in total. The molecule has 1 N–H and O–H groups in total. The van der Waals surface area contributed by atoms with Crippen molar-refractivity contribution in [3.63, 3.8) is 0 Å². The summed E-state index contributed by atoms with van der Waals surface area (Å²) in [5.41, 5.74) is 3.96. The lowest BCUT2D eigenvalue weighted by molar-refractivity contribution is -0.119. The van der Waals surface area contributed by atoms with E-state index in [0.29, 0.717) is 23.6 Å². The van der Waals surface area contributed by atoms with Crippen LogP contribution in [0.1, 0.15) is 18.9 Å². The number of methoxy groups -OCH3 is 2. The van der Waals surface area contributed by atoms with Gasteiger partial charge >= 0.3 is 0 Å². The second-order valence-electron chi connectivity index (χ2n) is 6.24. The van der Waals surface area contributed by atoms with Crippen molar-refractivity contribution in [2.75, 3.05) is 31.3 Å². The fraction of sp³-hybridized carbons (Fsp3) is 0.300. The molecule has 0 spiro atoms. The smallest absolute Gasteiger partial charge is 0.260 e. The largest absolute Gasteiger partial charge is 0.493 e. The van der Waals surface area contributed by atoms with Crippen LogP contribution in [-0.2, 0) is 14.8 Å². The molecule has 0 saturated heterocycles. The number of para-hydroxylation sites is 1. The summed E-state index contributed by atoms with van der Waals surface area (Å²) in [6, 6.07) is 11.7. The molecule has 0 saturated carbocycles. The van der Waals surface area contributed by atoms with Gasteiger partial charge in [-0.2, -0.15) is 5.10 Å². The van der Waals surface area contributed by atoms with Crippen LogP contribution in [0.4, 0.5) is 5.69 Å². The van der Waals surface area contributed by atoms with Gasteiger partial charge in [-0.05, 0) is 36.8 Å². The number of sulfonamides is 1. The maximum Gasteiger partial charge on any atom is 0.260 e. The minimum atomic E-state index is -3.74. The predicted octanol–water partition coefficient (Wildman–Crippen LogP) is 3.05. The molecule has 1 amide bonds. The lowest BCUT2D eigenvalue weighted by atomic mass is 10.1. The van der Waals surface area contributed by atoms with Crippen molar-refractivity contribution in [1.82, 2.24) is 5.43 Å². The number of halogens is 1. The van der Waals surface area contributed by atoms with Gasteiger partial charge in [-0.1, -0.05) is 30.7 Å². The predicted molar refractivity (Wildman–Crippen MR) is 118 cm³/mol. The summed E-state index contributed by atoms with van der Waals surface area (Å²) in [6.45, 7) is 1.42. The standard InChI is InChI=1S/C20H24ClN3O5S/c1-5-16(14-10-11-18(28-2)19(12-14)29-3)22-23-20(25)13-24(30(4,26)27)17-9-7-6-8-15(17)21/h6-12H,5,13H2,1-4H3,(H,23,25)/b22-16-. The van der Waals surface area contributed by atoms with Gasteiger partial charge in [0.05, 0.1) is 36.9 Å². The highest BCUT2D eigenvalue weighted by molar-refractivity contribution is 7.92. The van der Waals surface area contributed by atoms with Crippen LogP contribution in [0.2, 0.25) is 5.02 Å². The van der Waals surface area contributed by atoms with E-state index < -0.39 is 22.5 Å². The Kier molecular flexibility index (Phi) is 8.08. The molecule has 0 fully saturated rings. The van der Waals surface area contributed by atoms with Gasteiger partial charge in [0.2, 0.25) is 10.0 Å². The third-order valence-corrected chi connectivity index (χ3v) is 5.62. The highest BCUT2D eigenvalue weighted by Crippen LogP contribution is 2.28. The van der Waals surface area contributed by atoms with Crippen molar-refractivity contribution in [1.29, 1.82) is 0 Å². The molecule has 0 aliphatic carbocycles. The molecule has 2 rings (SSSR count). The van der Waals surface area contributed by atoms with E-state index in [4.69, 9.17) is 21.1 Å². The summed E-state index contributed by atoms with van der Waals surface area (Å²) < 4.78 is 35.8. The van der Waals surface area contributed by atoms with Gasteiger partial charge in [-0.15, -0.1) is 0 Å². The van der Waals surface area contributed by atoms with Crippen molar-refractivity contribution in [3.8, 4) is 11.5 Å². The van der Waals surface area contributed by atoms with E-state index >= 15 is 0 Å². The van der Waals surface area contributed by atoms with Gasteiger partial charge < -0.3 is 9.47 Å². The molecule has 0 heterocycles. The molecule has 2 aromatic carbocycles. The number of hydrogen-bond acceptors (Lipinski definition) is 6. The van der Waals surface area contributed by atoms with Crippen molar-refractivity contribution in [2.24, 2.45) is 5.10 Å². The minimum absolute atomic E-state index is 0.219. The van der Waals surface area contributed by atoms with Gasteiger partial charge in [0.1, 0.15) is 6.54 Å². The number of ether oxygens (including phenoxy) is 2. The van der Waals surface area contributed by atoms with E-state index in [-0.39, 0.29) is 10.7 Å². The van der Waals surface area contributed by atoms with Crippen LogP contribution in [0, 0.1) is 0 Å². The molecule has 162 valence electrons. The number of benzene rings is 2. The molecular weight excluding hydrogens is 430 g/mol. The third kappa shape index (κ3) is 5.87. The van der Waals surface area contributed by atoms with Crippen LogP contribution in [0.15, 0.2) is 47.6 Å². The number of anilines is 1. The maximum absolute atomic E-state index is 12.4. The Labute approximate surface area is 181 Å². The maximum atomic E-state index is 12.4. The number of hydrogen-bond donors (Lipinski definition) is 1. The molecule has 0 radical (unpaired) electrons. The van der Waals surface area contributed by atoms with Crippen LogP contribution < -0.4 is 19.2 Å². The van der Waals surface area contributed by atoms with Crippen LogP contribution >= 0.6 is 11.6 Å². The van der Waals surface area contributed by atoms with Gasteiger partial charge in [-0.25, -0.2) is 13.8 Å². The third-order valence-electron chi connectivity index (χ3n) is 4.18. The summed E-state index contributed by atoms with van der Waals surface area (Å²) >= 11 is 6.10. The Bertz CT molecular complexity index is 1040. The Morgan fingerprint density at radius 1 is 1.13 bits per heavy atom. The van der Waals surface area contributed by atoms with E-state index in [9.17, 15) is 13.2 Å². The zero-order valence-corrected chi connectivity index (χ0v) is 18.7. The van der Waals surface area contributed by atoms with E-state index in [1.165, 1.54) is 13.2 Å². The number of nitrogens with one attached hydrogen (secondary N) is 1. The lowest BCUT2D eigenvalue weighted by Gasteiger charge is -2.22. The van der Waals surface area contributed by atoms with E-state index in [2.05, 4.69) is 10.5 Å². The number of carbonyl (C=O) groups excluding carboxylic acids is 1. The average molecular weight is 454 g/mol. The Balaban J connectivity index is 2.22. The second-order valence-corrected chi connectivity index (χ2v) is 8.55. The van der Waals surface area contributed by atoms with Crippen molar-refractivity contribution in [2.45, 2.75) is 13.3 Å². The molecule has 10 heteroatoms. The summed E-state index contributed by atoms with van der Waals surface area (Å²) in [6.07, 6.45) is 1.53. The molecule has 0 atom stereocenters. The zero-order chi connectivity index (χ0) is 22.3. The number of carbonyl (C=O) groups is 1.